The largest absolute Gasteiger partial charge is 0.497 e. The van der Waals surface area contributed by atoms with E-state index < -0.39 is 0 Å². The molecule has 3 aromatic rings. The van der Waals surface area contributed by atoms with Crippen molar-refractivity contribution in [3.63, 3.8) is 0 Å². The Balaban J connectivity index is 1.51. The summed E-state index contributed by atoms with van der Waals surface area (Å²) in [5.41, 5.74) is 2.37. The first-order chi connectivity index (χ1) is 13.7. The third-order valence-electron chi connectivity index (χ3n) is 4.24. The Kier molecular flexibility index (Phi) is 6.51. The average molecular weight is 378 g/mol. The summed E-state index contributed by atoms with van der Waals surface area (Å²) < 4.78 is 6.57. The molecule has 0 saturated carbocycles. The molecule has 2 aromatic heterocycles. The standard InChI is InChI=1S/C21H22N4O3/c1-28-18-5-2-4-16(14-18)15-23-20(26)6-3-13-25-21(27)8-7-19(24-25)17-9-11-22-12-10-17/h2,4-5,7-12,14H,3,6,13,15H2,1H3,(H,23,26). The Morgan fingerprint density at radius 3 is 2.75 bits per heavy atom. The maximum Gasteiger partial charge on any atom is 0.266 e. The highest BCUT2D eigenvalue weighted by Gasteiger charge is 2.06. The number of methoxy groups -OCH3 is 1. The zero-order valence-corrected chi connectivity index (χ0v) is 15.7. The number of carbonyl (C=O) groups is 1. The normalized spacial score (nSPS) is 10.5. The van der Waals surface area contributed by atoms with Gasteiger partial charge in [0, 0.05) is 43.5 Å². The van der Waals surface area contributed by atoms with Gasteiger partial charge >= 0.3 is 0 Å². The predicted molar refractivity (Wildman–Crippen MR) is 106 cm³/mol. The molecule has 1 N–H and O–H groups in total. The second-order valence-electron chi connectivity index (χ2n) is 6.25. The summed E-state index contributed by atoms with van der Waals surface area (Å²) in [7, 11) is 1.61. The van der Waals surface area contributed by atoms with E-state index in [1.54, 1.807) is 25.6 Å². The van der Waals surface area contributed by atoms with Crippen molar-refractivity contribution in [3.05, 3.63) is 76.8 Å². The number of aryl methyl sites for hydroxylation is 1. The van der Waals surface area contributed by atoms with Crippen LogP contribution in [0, 0.1) is 0 Å². The van der Waals surface area contributed by atoms with Crippen LogP contribution in [0.3, 0.4) is 0 Å². The van der Waals surface area contributed by atoms with Crippen LogP contribution in [0.4, 0.5) is 0 Å². The van der Waals surface area contributed by atoms with Crippen LogP contribution >= 0.6 is 0 Å². The SMILES string of the molecule is COc1cccc(CNC(=O)CCCn2nc(-c3ccncc3)ccc2=O)c1. The van der Waals surface area contributed by atoms with E-state index >= 15 is 0 Å². The molecule has 7 heteroatoms. The highest BCUT2D eigenvalue weighted by atomic mass is 16.5. The first kappa shape index (κ1) is 19.3. The van der Waals surface area contributed by atoms with Gasteiger partial charge in [0.1, 0.15) is 5.75 Å². The summed E-state index contributed by atoms with van der Waals surface area (Å²) in [6, 6.07) is 14.4. The molecule has 0 bridgehead atoms. The van der Waals surface area contributed by atoms with Gasteiger partial charge in [0.15, 0.2) is 0 Å². The summed E-state index contributed by atoms with van der Waals surface area (Å²) in [5.74, 6) is 0.687. The van der Waals surface area contributed by atoms with E-state index in [1.807, 2.05) is 36.4 Å². The number of pyridine rings is 1. The first-order valence-electron chi connectivity index (χ1n) is 9.04. The number of hydrogen-bond donors (Lipinski definition) is 1. The van der Waals surface area contributed by atoms with Gasteiger partial charge in [-0.1, -0.05) is 12.1 Å². The fourth-order valence-electron chi connectivity index (χ4n) is 2.75. The summed E-state index contributed by atoms with van der Waals surface area (Å²) in [6.45, 7) is 0.816. The maximum atomic E-state index is 12.1. The molecule has 0 aliphatic heterocycles. The second kappa shape index (κ2) is 9.45. The Bertz CT molecular complexity index is 986. The van der Waals surface area contributed by atoms with Crippen molar-refractivity contribution >= 4 is 5.91 Å². The predicted octanol–water partition coefficient (Wildman–Crippen LogP) is 2.41. The van der Waals surface area contributed by atoms with Gasteiger partial charge in [-0.05, 0) is 42.3 Å². The first-order valence-corrected chi connectivity index (χ1v) is 9.04. The molecular formula is C21H22N4O3. The molecule has 28 heavy (non-hydrogen) atoms. The molecule has 0 spiro atoms. The lowest BCUT2D eigenvalue weighted by atomic mass is 10.2. The van der Waals surface area contributed by atoms with Gasteiger partial charge in [-0.15, -0.1) is 0 Å². The monoisotopic (exact) mass is 378 g/mol. The lowest BCUT2D eigenvalue weighted by Gasteiger charge is -2.08. The van der Waals surface area contributed by atoms with E-state index in [0.29, 0.717) is 31.6 Å². The molecule has 0 saturated heterocycles. The van der Waals surface area contributed by atoms with Crippen molar-refractivity contribution in [1.29, 1.82) is 0 Å². The van der Waals surface area contributed by atoms with Crippen LogP contribution in [0.15, 0.2) is 65.7 Å². The smallest absolute Gasteiger partial charge is 0.266 e. The molecule has 7 nitrogen and oxygen atoms in total. The Labute approximate surface area is 163 Å². The molecule has 0 radical (unpaired) electrons. The number of benzene rings is 1. The molecule has 0 atom stereocenters. The van der Waals surface area contributed by atoms with E-state index in [2.05, 4.69) is 15.4 Å². The van der Waals surface area contributed by atoms with E-state index in [1.165, 1.54) is 10.7 Å². The van der Waals surface area contributed by atoms with E-state index in [-0.39, 0.29) is 11.5 Å². The van der Waals surface area contributed by atoms with Crippen LogP contribution in [0.2, 0.25) is 0 Å². The van der Waals surface area contributed by atoms with Gasteiger partial charge in [-0.2, -0.15) is 5.10 Å². The number of ether oxygens (including phenoxy) is 1. The number of rotatable bonds is 8. The van der Waals surface area contributed by atoms with Gasteiger partial charge in [0.25, 0.3) is 5.56 Å². The number of aromatic nitrogens is 3. The number of nitrogens with one attached hydrogen (secondary N) is 1. The average Bonchev–Trinajstić information content (AvgIpc) is 2.74. The lowest BCUT2D eigenvalue weighted by Crippen LogP contribution is -2.25. The van der Waals surface area contributed by atoms with Crippen molar-refractivity contribution in [3.8, 4) is 17.0 Å². The third-order valence-corrected chi connectivity index (χ3v) is 4.24. The van der Waals surface area contributed by atoms with Gasteiger partial charge in [0.05, 0.1) is 12.8 Å². The highest BCUT2D eigenvalue weighted by molar-refractivity contribution is 5.75. The fourth-order valence-corrected chi connectivity index (χ4v) is 2.75. The molecule has 144 valence electrons. The number of carbonyl (C=O) groups excluding carboxylic acids is 1. The van der Waals surface area contributed by atoms with Crippen molar-refractivity contribution in [2.75, 3.05) is 7.11 Å². The third kappa shape index (κ3) is 5.26. The Hall–Kier alpha value is -3.48. The van der Waals surface area contributed by atoms with Crippen molar-refractivity contribution in [1.82, 2.24) is 20.1 Å². The Morgan fingerprint density at radius 1 is 1.14 bits per heavy atom. The van der Waals surface area contributed by atoms with Crippen molar-refractivity contribution in [2.24, 2.45) is 0 Å². The molecule has 0 aliphatic carbocycles. The lowest BCUT2D eigenvalue weighted by molar-refractivity contribution is -0.121. The summed E-state index contributed by atoms with van der Waals surface area (Å²) in [6.07, 6.45) is 4.20. The molecule has 2 heterocycles. The van der Waals surface area contributed by atoms with Gasteiger partial charge in [-0.25, -0.2) is 4.68 Å². The van der Waals surface area contributed by atoms with Gasteiger partial charge in [-0.3, -0.25) is 14.6 Å². The quantitative estimate of drug-likeness (QED) is 0.651. The summed E-state index contributed by atoms with van der Waals surface area (Å²) >= 11 is 0. The topological polar surface area (TPSA) is 86.1 Å². The van der Waals surface area contributed by atoms with Crippen LogP contribution in [0.5, 0.6) is 5.75 Å². The number of hydrogen-bond acceptors (Lipinski definition) is 5. The molecule has 3 rings (SSSR count). The van der Waals surface area contributed by atoms with Crippen LogP contribution in [-0.4, -0.2) is 27.8 Å². The minimum absolute atomic E-state index is 0.0684. The van der Waals surface area contributed by atoms with E-state index in [9.17, 15) is 9.59 Å². The second-order valence-corrected chi connectivity index (χ2v) is 6.25. The van der Waals surface area contributed by atoms with Crippen LogP contribution < -0.4 is 15.6 Å². The molecule has 0 aliphatic rings. The van der Waals surface area contributed by atoms with Crippen LogP contribution in [0.25, 0.3) is 11.3 Å². The minimum Gasteiger partial charge on any atom is -0.497 e. The van der Waals surface area contributed by atoms with Gasteiger partial charge in [0.2, 0.25) is 5.91 Å². The molecule has 0 unspecified atom stereocenters. The zero-order valence-electron chi connectivity index (χ0n) is 15.7. The maximum absolute atomic E-state index is 12.1. The van der Waals surface area contributed by atoms with Crippen LogP contribution in [0.1, 0.15) is 18.4 Å². The Morgan fingerprint density at radius 2 is 1.96 bits per heavy atom. The highest BCUT2D eigenvalue weighted by Crippen LogP contribution is 2.13. The van der Waals surface area contributed by atoms with E-state index in [0.717, 1.165) is 16.9 Å². The van der Waals surface area contributed by atoms with Crippen molar-refractivity contribution in [2.45, 2.75) is 25.9 Å². The molecule has 1 aromatic carbocycles. The van der Waals surface area contributed by atoms with Crippen LogP contribution in [-0.2, 0) is 17.9 Å². The number of nitrogens with zero attached hydrogens (tertiary/aromatic N) is 3. The molecule has 0 fully saturated rings. The molecular weight excluding hydrogens is 356 g/mol. The molecule has 1 amide bonds. The zero-order chi connectivity index (χ0) is 19.8. The van der Waals surface area contributed by atoms with Gasteiger partial charge < -0.3 is 10.1 Å². The van der Waals surface area contributed by atoms with Crippen molar-refractivity contribution < 1.29 is 9.53 Å². The summed E-state index contributed by atoms with van der Waals surface area (Å²) in [5, 5.41) is 7.26. The number of amides is 1. The van der Waals surface area contributed by atoms with E-state index in [4.69, 9.17) is 4.74 Å². The summed E-state index contributed by atoms with van der Waals surface area (Å²) in [4.78, 5) is 28.1. The fraction of sp³-hybridized carbons (Fsp3) is 0.238. The minimum atomic E-state index is -0.186.